The summed E-state index contributed by atoms with van der Waals surface area (Å²) >= 11 is 2.73. The third-order valence-electron chi connectivity index (χ3n) is 6.17. The Morgan fingerprint density at radius 2 is 1.97 bits per heavy atom. The first kappa shape index (κ1) is 26.8. The van der Waals surface area contributed by atoms with E-state index in [0.29, 0.717) is 51.3 Å². The Kier molecular flexibility index (Phi) is 8.18. The molecule has 1 amide bonds. The van der Waals surface area contributed by atoms with Crippen LogP contribution in [-0.2, 0) is 17.6 Å². The molecule has 0 spiro atoms. The summed E-state index contributed by atoms with van der Waals surface area (Å²) < 4.78 is 12.5. The summed E-state index contributed by atoms with van der Waals surface area (Å²) in [5.41, 5.74) is 4.51. The lowest BCUT2D eigenvalue weighted by Crippen LogP contribution is -2.24. The van der Waals surface area contributed by atoms with Gasteiger partial charge >= 0.3 is 0 Å². The van der Waals surface area contributed by atoms with Gasteiger partial charge in [-0.15, -0.1) is 11.3 Å². The largest absolute Gasteiger partial charge is 0.504 e. The average molecular weight is 565 g/mol. The highest BCUT2D eigenvalue weighted by Gasteiger charge is 2.24. The molecule has 2 N–H and O–H groups in total. The van der Waals surface area contributed by atoms with Gasteiger partial charge in [0.25, 0.3) is 11.5 Å². The Labute approximate surface area is 233 Å². The molecule has 5 rings (SSSR count). The van der Waals surface area contributed by atoms with Gasteiger partial charge in [-0.25, -0.2) is 10.4 Å². The van der Waals surface area contributed by atoms with Crippen molar-refractivity contribution in [2.24, 2.45) is 5.10 Å². The van der Waals surface area contributed by atoms with Crippen molar-refractivity contribution in [3.05, 3.63) is 68.8 Å². The van der Waals surface area contributed by atoms with Crippen molar-refractivity contribution >= 4 is 45.4 Å². The molecule has 0 fully saturated rings. The van der Waals surface area contributed by atoms with E-state index in [4.69, 9.17) is 14.5 Å². The zero-order chi connectivity index (χ0) is 27.4. The number of carbonyl (C=O) groups is 1. The highest BCUT2D eigenvalue weighted by molar-refractivity contribution is 7.99. The number of phenolic OH excluding ortho intramolecular Hbond substituents is 1. The molecule has 1 aliphatic rings. The van der Waals surface area contributed by atoms with Gasteiger partial charge in [0.15, 0.2) is 16.7 Å². The number of aryl methyl sites for hydroxylation is 2. The molecule has 1 aliphatic carbocycles. The molecule has 202 valence electrons. The monoisotopic (exact) mass is 564 g/mol. The van der Waals surface area contributed by atoms with Crippen LogP contribution in [0.2, 0.25) is 0 Å². The smallest absolute Gasteiger partial charge is 0.267 e. The molecule has 4 aromatic rings. The van der Waals surface area contributed by atoms with Crippen molar-refractivity contribution in [3.8, 4) is 22.9 Å². The number of aromatic hydroxyl groups is 1. The number of thiophene rings is 1. The fourth-order valence-electron chi connectivity index (χ4n) is 4.46. The highest BCUT2D eigenvalue weighted by atomic mass is 32.2. The van der Waals surface area contributed by atoms with E-state index in [1.54, 1.807) is 34.1 Å². The van der Waals surface area contributed by atoms with E-state index < -0.39 is 0 Å². The van der Waals surface area contributed by atoms with Gasteiger partial charge in [0.05, 0.1) is 36.3 Å². The minimum atomic E-state index is -0.377. The number of aromatic nitrogens is 2. The number of carbonyl (C=O) groups excluding carboxylic acids is 1. The SMILES string of the molecule is CCOc1ccc(-n2c(SCC(=O)NN=Cc3cccc(OCC)c3O)nc3sc4c(c3c2=O)CCC4)cc1. The second-order valence-corrected chi connectivity index (χ2v) is 10.7. The normalized spacial score (nSPS) is 12.7. The van der Waals surface area contributed by atoms with Gasteiger partial charge in [-0.3, -0.25) is 14.2 Å². The molecule has 9 nitrogen and oxygen atoms in total. The first-order valence-corrected chi connectivity index (χ1v) is 14.5. The van der Waals surface area contributed by atoms with Crippen molar-refractivity contribution in [2.75, 3.05) is 19.0 Å². The van der Waals surface area contributed by atoms with E-state index >= 15 is 0 Å². The first-order chi connectivity index (χ1) is 19.0. The maximum Gasteiger partial charge on any atom is 0.267 e. The molecule has 39 heavy (non-hydrogen) atoms. The molecule has 11 heteroatoms. The lowest BCUT2D eigenvalue weighted by Gasteiger charge is -2.13. The average Bonchev–Trinajstić information content (AvgIpc) is 3.52. The van der Waals surface area contributed by atoms with E-state index in [0.717, 1.165) is 36.6 Å². The second kappa shape index (κ2) is 11.9. The van der Waals surface area contributed by atoms with Crippen molar-refractivity contribution < 1.29 is 19.4 Å². The number of benzene rings is 2. The third kappa shape index (κ3) is 5.64. The Balaban J connectivity index is 1.38. The molecule has 0 radical (unpaired) electrons. The van der Waals surface area contributed by atoms with Crippen LogP contribution in [0.25, 0.3) is 15.9 Å². The van der Waals surface area contributed by atoms with Gasteiger partial charge in [0, 0.05) is 10.4 Å². The standard InChI is InChI=1S/C28H28N4O5S2/c1-3-36-19-13-11-18(12-14-19)32-27(35)24-20-8-6-10-22(20)39-26(24)30-28(32)38-16-23(33)31-29-15-17-7-5-9-21(25(17)34)37-4-2/h5,7,9,11-15,34H,3-4,6,8,10,16H2,1-2H3,(H,31,33). The van der Waals surface area contributed by atoms with Crippen LogP contribution < -0.4 is 20.5 Å². The first-order valence-electron chi connectivity index (χ1n) is 12.7. The molecule has 0 saturated heterocycles. The summed E-state index contributed by atoms with van der Waals surface area (Å²) in [5.74, 6) is 0.618. The van der Waals surface area contributed by atoms with Crippen molar-refractivity contribution in [2.45, 2.75) is 38.3 Å². The summed E-state index contributed by atoms with van der Waals surface area (Å²) in [4.78, 5) is 33.2. The number of fused-ring (bicyclic) bond motifs is 3. The van der Waals surface area contributed by atoms with Crippen LogP contribution >= 0.6 is 23.1 Å². The van der Waals surface area contributed by atoms with Crippen LogP contribution in [0.5, 0.6) is 17.2 Å². The number of hydrazone groups is 1. The lowest BCUT2D eigenvalue weighted by atomic mass is 10.2. The zero-order valence-electron chi connectivity index (χ0n) is 21.6. The second-order valence-electron chi connectivity index (χ2n) is 8.71. The van der Waals surface area contributed by atoms with Gasteiger partial charge < -0.3 is 14.6 Å². The number of nitrogens with one attached hydrogen (secondary N) is 1. The van der Waals surface area contributed by atoms with Crippen LogP contribution in [0.3, 0.4) is 0 Å². The Hall–Kier alpha value is -3.83. The predicted octanol–water partition coefficient (Wildman–Crippen LogP) is 4.68. The minimum Gasteiger partial charge on any atom is -0.504 e. The number of para-hydroxylation sites is 1. The van der Waals surface area contributed by atoms with E-state index in [1.165, 1.54) is 11.1 Å². The van der Waals surface area contributed by atoms with Gasteiger partial charge in [0.2, 0.25) is 0 Å². The van der Waals surface area contributed by atoms with Crippen LogP contribution in [0, 0.1) is 0 Å². The summed E-state index contributed by atoms with van der Waals surface area (Å²) in [7, 11) is 0. The third-order valence-corrected chi connectivity index (χ3v) is 8.29. The Morgan fingerprint density at radius 3 is 2.74 bits per heavy atom. The molecule has 0 atom stereocenters. The van der Waals surface area contributed by atoms with Crippen LogP contribution in [-0.4, -0.2) is 45.7 Å². The summed E-state index contributed by atoms with van der Waals surface area (Å²) in [6.07, 6.45) is 4.24. The summed E-state index contributed by atoms with van der Waals surface area (Å²) in [6, 6.07) is 12.3. The molecular formula is C28H28N4O5S2. The number of thioether (sulfide) groups is 1. The number of phenols is 1. The summed E-state index contributed by atoms with van der Waals surface area (Å²) in [5, 5.41) is 15.4. The maximum atomic E-state index is 13.8. The maximum absolute atomic E-state index is 13.8. The molecule has 2 heterocycles. The topological polar surface area (TPSA) is 115 Å². The molecule has 0 bridgehead atoms. The zero-order valence-corrected chi connectivity index (χ0v) is 23.2. The predicted molar refractivity (Wildman–Crippen MR) is 154 cm³/mol. The van der Waals surface area contributed by atoms with Gasteiger partial charge in [-0.1, -0.05) is 17.8 Å². The summed E-state index contributed by atoms with van der Waals surface area (Å²) in [6.45, 7) is 4.70. The fourth-order valence-corrected chi connectivity index (χ4v) is 6.57. The fraction of sp³-hybridized carbons (Fsp3) is 0.286. The number of rotatable bonds is 10. The van der Waals surface area contributed by atoms with Gasteiger partial charge in [-0.05, 0) is 75.1 Å². The molecular weight excluding hydrogens is 536 g/mol. The number of hydrogen-bond acceptors (Lipinski definition) is 9. The van der Waals surface area contributed by atoms with E-state index in [9.17, 15) is 14.7 Å². The Morgan fingerprint density at radius 1 is 1.18 bits per heavy atom. The van der Waals surface area contributed by atoms with Crippen molar-refractivity contribution in [3.63, 3.8) is 0 Å². The number of hydrogen-bond donors (Lipinski definition) is 2. The van der Waals surface area contributed by atoms with Crippen molar-refractivity contribution in [1.82, 2.24) is 15.0 Å². The molecule has 0 unspecified atom stereocenters. The molecule has 2 aromatic heterocycles. The van der Waals surface area contributed by atoms with Crippen LogP contribution in [0.1, 0.15) is 36.3 Å². The van der Waals surface area contributed by atoms with E-state index in [2.05, 4.69) is 10.5 Å². The van der Waals surface area contributed by atoms with Crippen molar-refractivity contribution in [1.29, 1.82) is 0 Å². The number of amides is 1. The van der Waals surface area contributed by atoms with Gasteiger partial charge in [-0.2, -0.15) is 5.10 Å². The van der Waals surface area contributed by atoms with Gasteiger partial charge in [0.1, 0.15) is 10.6 Å². The highest BCUT2D eigenvalue weighted by Crippen LogP contribution is 2.36. The van der Waals surface area contributed by atoms with E-state index in [1.807, 2.05) is 38.1 Å². The number of ether oxygens (including phenoxy) is 2. The van der Waals surface area contributed by atoms with E-state index in [-0.39, 0.29) is 23.0 Å². The molecule has 0 aliphatic heterocycles. The minimum absolute atomic E-state index is 0.0115. The molecule has 0 saturated carbocycles. The lowest BCUT2D eigenvalue weighted by molar-refractivity contribution is -0.118. The van der Waals surface area contributed by atoms with Crippen LogP contribution in [0.15, 0.2) is 57.5 Å². The van der Waals surface area contributed by atoms with Crippen LogP contribution in [0.4, 0.5) is 0 Å². The Bertz CT molecular complexity index is 1590. The molecule has 2 aromatic carbocycles. The number of nitrogens with zero attached hydrogens (tertiary/aromatic N) is 3. The quantitative estimate of drug-likeness (QED) is 0.124.